The molecule has 7 nitrogen and oxygen atoms in total. The van der Waals surface area contributed by atoms with Gasteiger partial charge in [-0.25, -0.2) is 0 Å². The summed E-state index contributed by atoms with van der Waals surface area (Å²) in [5, 5.41) is 2.86. The van der Waals surface area contributed by atoms with Crippen LogP contribution >= 0.6 is 0 Å². The van der Waals surface area contributed by atoms with Gasteiger partial charge in [-0.1, -0.05) is 12.1 Å². The molecule has 2 amide bonds. The number of anilines is 1. The highest BCUT2D eigenvalue weighted by molar-refractivity contribution is 5.95. The second-order valence-electron chi connectivity index (χ2n) is 6.97. The van der Waals surface area contributed by atoms with E-state index >= 15 is 0 Å². The minimum Gasteiger partial charge on any atom is -0.348 e. The van der Waals surface area contributed by atoms with Gasteiger partial charge in [0.1, 0.15) is 0 Å². The van der Waals surface area contributed by atoms with E-state index in [0.29, 0.717) is 25.1 Å². The molecule has 0 saturated heterocycles. The van der Waals surface area contributed by atoms with E-state index < -0.39 is 0 Å². The highest BCUT2D eigenvalue weighted by Crippen LogP contribution is 2.26. The number of hydrogen-bond acceptors (Lipinski definition) is 5. The van der Waals surface area contributed by atoms with Crippen LogP contribution in [0.5, 0.6) is 0 Å². The van der Waals surface area contributed by atoms with E-state index in [1.54, 1.807) is 36.6 Å². The van der Waals surface area contributed by atoms with Crippen LogP contribution in [-0.4, -0.2) is 35.4 Å². The Morgan fingerprint density at radius 2 is 1.97 bits per heavy atom. The summed E-state index contributed by atoms with van der Waals surface area (Å²) in [5.74, 6) is -0.211. The third-order valence-corrected chi connectivity index (χ3v) is 4.79. The summed E-state index contributed by atoms with van der Waals surface area (Å²) in [6, 6.07) is 13.1. The van der Waals surface area contributed by atoms with Crippen LogP contribution in [-0.2, 0) is 11.3 Å². The molecule has 0 unspecified atom stereocenters. The lowest BCUT2D eigenvalue weighted by molar-refractivity contribution is -0.118. The number of carbonyl (C=O) groups is 2. The van der Waals surface area contributed by atoms with Crippen molar-refractivity contribution in [3.05, 3.63) is 77.7 Å². The fourth-order valence-electron chi connectivity index (χ4n) is 3.10. The number of pyridine rings is 2. The lowest BCUT2D eigenvalue weighted by Gasteiger charge is -2.20. The number of nitrogens with one attached hydrogen (secondary N) is 1. The molecule has 0 aliphatic rings. The van der Waals surface area contributed by atoms with Gasteiger partial charge >= 0.3 is 0 Å². The van der Waals surface area contributed by atoms with Crippen LogP contribution in [0.4, 0.5) is 5.69 Å². The van der Waals surface area contributed by atoms with Gasteiger partial charge in [-0.2, -0.15) is 0 Å². The maximum absolute atomic E-state index is 12.3. The lowest BCUT2D eigenvalue weighted by Crippen LogP contribution is -2.28. The smallest absolute Gasteiger partial charge is 0.253 e. The van der Waals surface area contributed by atoms with Gasteiger partial charge in [0.15, 0.2) is 0 Å². The standard InChI is InChI=1S/C23H25N5O2/c1-16-12-18(6-8-21(16)28(2)22(29)9-10-24)20-7-5-19(15-26-20)23(30)27-14-17-4-3-11-25-13-17/h3-8,11-13,15H,9-10,14,24H2,1-2H3,(H,27,30). The molecule has 0 aliphatic heterocycles. The van der Waals surface area contributed by atoms with Gasteiger partial charge in [0, 0.05) is 56.4 Å². The number of hydrogen-bond donors (Lipinski definition) is 2. The summed E-state index contributed by atoms with van der Waals surface area (Å²) in [7, 11) is 1.75. The predicted molar refractivity (Wildman–Crippen MR) is 117 cm³/mol. The van der Waals surface area contributed by atoms with E-state index in [1.807, 2.05) is 43.3 Å². The number of amides is 2. The van der Waals surface area contributed by atoms with Gasteiger partial charge in [0.25, 0.3) is 5.91 Å². The summed E-state index contributed by atoms with van der Waals surface area (Å²) in [6.45, 7) is 2.68. The molecule has 154 valence electrons. The number of benzene rings is 1. The molecule has 1 aromatic carbocycles. The van der Waals surface area contributed by atoms with Crippen LogP contribution in [0.1, 0.15) is 27.9 Å². The first-order valence-electron chi connectivity index (χ1n) is 9.70. The first kappa shape index (κ1) is 21.1. The molecule has 0 aliphatic carbocycles. The highest BCUT2D eigenvalue weighted by Gasteiger charge is 2.13. The van der Waals surface area contributed by atoms with E-state index in [1.165, 1.54) is 0 Å². The zero-order valence-electron chi connectivity index (χ0n) is 17.1. The van der Waals surface area contributed by atoms with Crippen molar-refractivity contribution < 1.29 is 9.59 Å². The van der Waals surface area contributed by atoms with Crippen molar-refractivity contribution in [3.8, 4) is 11.3 Å². The molecule has 0 spiro atoms. The van der Waals surface area contributed by atoms with Crippen molar-refractivity contribution >= 4 is 17.5 Å². The average Bonchev–Trinajstić information content (AvgIpc) is 2.78. The van der Waals surface area contributed by atoms with Gasteiger partial charge in [-0.3, -0.25) is 19.6 Å². The Labute approximate surface area is 176 Å². The van der Waals surface area contributed by atoms with E-state index in [4.69, 9.17) is 5.73 Å². The number of carbonyl (C=O) groups excluding carboxylic acids is 2. The minimum atomic E-state index is -0.190. The molecule has 2 heterocycles. The molecule has 0 atom stereocenters. The lowest BCUT2D eigenvalue weighted by atomic mass is 10.0. The van der Waals surface area contributed by atoms with Crippen molar-refractivity contribution in [2.24, 2.45) is 5.73 Å². The van der Waals surface area contributed by atoms with E-state index in [0.717, 1.165) is 28.1 Å². The van der Waals surface area contributed by atoms with Crippen molar-refractivity contribution in [2.75, 3.05) is 18.5 Å². The van der Waals surface area contributed by atoms with Crippen LogP contribution in [0.3, 0.4) is 0 Å². The summed E-state index contributed by atoms with van der Waals surface area (Å²) in [5.41, 5.74) is 10.4. The Hall–Kier alpha value is -3.58. The van der Waals surface area contributed by atoms with E-state index in [2.05, 4.69) is 15.3 Å². The third-order valence-electron chi connectivity index (χ3n) is 4.79. The Bertz CT molecular complexity index is 1020. The predicted octanol–water partition coefficient (Wildman–Crippen LogP) is 2.69. The maximum Gasteiger partial charge on any atom is 0.253 e. The molecular formula is C23H25N5O2. The highest BCUT2D eigenvalue weighted by atomic mass is 16.2. The van der Waals surface area contributed by atoms with Crippen molar-refractivity contribution in [2.45, 2.75) is 19.9 Å². The largest absolute Gasteiger partial charge is 0.348 e. The molecule has 30 heavy (non-hydrogen) atoms. The molecule has 3 rings (SSSR count). The fraction of sp³-hybridized carbons (Fsp3) is 0.217. The molecule has 0 saturated carbocycles. The zero-order chi connectivity index (χ0) is 21.5. The Kier molecular flexibility index (Phi) is 6.87. The van der Waals surface area contributed by atoms with Gasteiger partial charge in [-0.05, 0) is 48.4 Å². The topological polar surface area (TPSA) is 101 Å². The monoisotopic (exact) mass is 403 g/mol. The molecule has 0 radical (unpaired) electrons. The Morgan fingerprint density at radius 3 is 2.60 bits per heavy atom. The van der Waals surface area contributed by atoms with Crippen LogP contribution in [0.2, 0.25) is 0 Å². The van der Waals surface area contributed by atoms with Crippen LogP contribution in [0.15, 0.2) is 61.1 Å². The Balaban J connectivity index is 1.69. The average molecular weight is 403 g/mol. The minimum absolute atomic E-state index is 0.0203. The summed E-state index contributed by atoms with van der Waals surface area (Å²) in [4.78, 5) is 34.5. The normalized spacial score (nSPS) is 10.5. The number of aryl methyl sites for hydroxylation is 1. The van der Waals surface area contributed by atoms with Crippen LogP contribution in [0, 0.1) is 6.92 Å². The van der Waals surface area contributed by atoms with Gasteiger partial charge in [-0.15, -0.1) is 0 Å². The molecule has 7 heteroatoms. The molecule has 0 bridgehead atoms. The number of nitrogens with zero attached hydrogens (tertiary/aromatic N) is 3. The fourth-order valence-corrected chi connectivity index (χ4v) is 3.10. The van der Waals surface area contributed by atoms with Gasteiger partial charge in [0.2, 0.25) is 5.91 Å². The molecule has 0 fully saturated rings. The SMILES string of the molecule is Cc1cc(-c2ccc(C(=O)NCc3cccnc3)cn2)ccc1N(C)C(=O)CCN. The first-order valence-corrected chi connectivity index (χ1v) is 9.70. The summed E-state index contributed by atoms with van der Waals surface area (Å²) in [6.07, 6.45) is 5.28. The first-order chi connectivity index (χ1) is 14.5. The van der Waals surface area contributed by atoms with Crippen LogP contribution < -0.4 is 16.0 Å². The molecule has 3 N–H and O–H groups in total. The molecule has 3 aromatic rings. The number of nitrogens with two attached hydrogens (primary N) is 1. The Morgan fingerprint density at radius 1 is 1.13 bits per heavy atom. The number of rotatable bonds is 7. The van der Waals surface area contributed by atoms with E-state index in [-0.39, 0.29) is 11.8 Å². The molecule has 2 aromatic heterocycles. The summed E-state index contributed by atoms with van der Waals surface area (Å²) >= 11 is 0. The van der Waals surface area contributed by atoms with Gasteiger partial charge < -0.3 is 16.0 Å². The molecular weight excluding hydrogens is 378 g/mol. The second kappa shape index (κ2) is 9.76. The van der Waals surface area contributed by atoms with Crippen molar-refractivity contribution in [3.63, 3.8) is 0 Å². The zero-order valence-corrected chi connectivity index (χ0v) is 17.1. The summed E-state index contributed by atoms with van der Waals surface area (Å²) < 4.78 is 0. The third kappa shape index (κ3) is 5.07. The van der Waals surface area contributed by atoms with Crippen LogP contribution in [0.25, 0.3) is 11.3 Å². The van der Waals surface area contributed by atoms with Crippen molar-refractivity contribution in [1.29, 1.82) is 0 Å². The van der Waals surface area contributed by atoms with Crippen molar-refractivity contribution in [1.82, 2.24) is 15.3 Å². The maximum atomic E-state index is 12.3. The number of aromatic nitrogens is 2. The van der Waals surface area contributed by atoms with Gasteiger partial charge in [0.05, 0.1) is 11.3 Å². The quantitative estimate of drug-likeness (QED) is 0.632. The second-order valence-corrected chi connectivity index (χ2v) is 6.97. The van der Waals surface area contributed by atoms with E-state index in [9.17, 15) is 9.59 Å².